The molecule has 0 aliphatic rings. The molecule has 1 rings (SSSR count). The predicted octanol–water partition coefficient (Wildman–Crippen LogP) is -0.0687. The van der Waals surface area contributed by atoms with Gasteiger partial charge in [-0.1, -0.05) is 13.8 Å². The maximum absolute atomic E-state index is 11.5. The lowest BCUT2D eigenvalue weighted by Crippen LogP contribution is -2.22. The van der Waals surface area contributed by atoms with Gasteiger partial charge < -0.3 is 5.73 Å². The van der Waals surface area contributed by atoms with Gasteiger partial charge in [0.15, 0.2) is 0 Å². The first-order valence-corrected chi connectivity index (χ1v) is 4.11. The van der Waals surface area contributed by atoms with E-state index in [0.717, 1.165) is 0 Å². The quantitative estimate of drug-likeness (QED) is 0.673. The molecule has 5 heteroatoms. The van der Waals surface area contributed by atoms with E-state index >= 15 is 0 Å². The number of hydrogen-bond donors (Lipinski definition) is 2. The highest BCUT2D eigenvalue weighted by Gasteiger charge is 2.13. The van der Waals surface area contributed by atoms with Gasteiger partial charge in [-0.15, -0.1) is 0 Å². The number of hydrogen-bond acceptors (Lipinski definition) is 3. The van der Waals surface area contributed by atoms with Gasteiger partial charge in [0, 0.05) is 18.5 Å². The van der Waals surface area contributed by atoms with Gasteiger partial charge in [-0.3, -0.25) is 14.7 Å². The Labute approximate surface area is 75.5 Å². The number of carbonyl (C=O) groups is 1. The highest BCUT2D eigenvalue weighted by atomic mass is 16.2. The highest BCUT2D eigenvalue weighted by Crippen LogP contribution is 2.00. The molecule has 0 aliphatic carbocycles. The monoisotopic (exact) mass is 183 g/mol. The van der Waals surface area contributed by atoms with Crippen molar-refractivity contribution >= 4 is 5.91 Å². The van der Waals surface area contributed by atoms with Gasteiger partial charge >= 0.3 is 0 Å². The van der Waals surface area contributed by atoms with Crippen molar-refractivity contribution in [2.45, 2.75) is 20.4 Å². The molecule has 5 nitrogen and oxygen atoms in total. The van der Waals surface area contributed by atoms with Crippen LogP contribution in [0, 0.1) is 5.92 Å². The zero-order chi connectivity index (χ0) is 10.0. The second-order valence-corrected chi connectivity index (χ2v) is 3.14. The fourth-order valence-electron chi connectivity index (χ4n) is 1.04. The first-order chi connectivity index (χ1) is 6.06. The van der Waals surface area contributed by atoms with E-state index in [-0.39, 0.29) is 23.9 Å². The Morgan fingerprint density at radius 2 is 2.31 bits per heavy atom. The second kappa shape index (κ2) is 3.57. The van der Waals surface area contributed by atoms with Crippen molar-refractivity contribution in [3.63, 3.8) is 0 Å². The summed E-state index contributed by atoms with van der Waals surface area (Å²) >= 11 is 0. The van der Waals surface area contributed by atoms with Crippen molar-refractivity contribution in [2.24, 2.45) is 11.7 Å². The molecular weight excluding hydrogens is 170 g/mol. The lowest BCUT2D eigenvalue weighted by Gasteiger charge is -2.07. The summed E-state index contributed by atoms with van der Waals surface area (Å²) in [6.45, 7) is 3.71. The van der Waals surface area contributed by atoms with Gasteiger partial charge in [0.25, 0.3) is 5.56 Å². The summed E-state index contributed by atoms with van der Waals surface area (Å²) in [6.07, 6.45) is 0. The third-order valence-corrected chi connectivity index (χ3v) is 1.73. The van der Waals surface area contributed by atoms with Crippen LogP contribution in [-0.2, 0) is 6.54 Å². The van der Waals surface area contributed by atoms with Crippen LogP contribution in [-0.4, -0.2) is 15.7 Å². The van der Waals surface area contributed by atoms with Crippen molar-refractivity contribution in [1.29, 1.82) is 0 Å². The number of aromatic amines is 1. The Bertz CT molecular complexity index is 362. The van der Waals surface area contributed by atoms with Crippen LogP contribution in [0.25, 0.3) is 0 Å². The van der Waals surface area contributed by atoms with Crippen LogP contribution in [0.5, 0.6) is 0 Å². The molecule has 0 aliphatic heterocycles. The van der Waals surface area contributed by atoms with Crippen LogP contribution in [0.15, 0.2) is 10.9 Å². The van der Waals surface area contributed by atoms with Gasteiger partial charge in [-0.05, 0) is 0 Å². The first-order valence-electron chi connectivity index (χ1n) is 4.11. The van der Waals surface area contributed by atoms with E-state index in [1.54, 1.807) is 13.8 Å². The first kappa shape index (κ1) is 9.73. The third-order valence-electron chi connectivity index (χ3n) is 1.73. The Morgan fingerprint density at radius 3 is 2.77 bits per heavy atom. The Balaban J connectivity index is 3.13. The van der Waals surface area contributed by atoms with Gasteiger partial charge in [-0.2, -0.15) is 0 Å². The van der Waals surface area contributed by atoms with E-state index < -0.39 is 0 Å². The lowest BCUT2D eigenvalue weighted by atomic mass is 10.2. The number of H-pyrrole nitrogens is 1. The molecule has 0 radical (unpaired) electrons. The van der Waals surface area contributed by atoms with E-state index in [0.29, 0.717) is 5.69 Å². The summed E-state index contributed by atoms with van der Waals surface area (Å²) in [5.41, 5.74) is 5.59. The minimum atomic E-state index is -0.297. The number of nitrogens with two attached hydrogens (primary N) is 1. The van der Waals surface area contributed by atoms with Crippen molar-refractivity contribution in [3.8, 4) is 0 Å². The van der Waals surface area contributed by atoms with E-state index in [2.05, 4.69) is 5.10 Å². The molecule has 0 atom stereocenters. The zero-order valence-electron chi connectivity index (χ0n) is 7.70. The molecule has 1 heterocycles. The van der Waals surface area contributed by atoms with Crippen molar-refractivity contribution < 1.29 is 4.79 Å². The molecule has 0 bridgehead atoms. The van der Waals surface area contributed by atoms with Crippen LogP contribution in [0.1, 0.15) is 24.3 Å². The second-order valence-electron chi connectivity index (χ2n) is 3.14. The van der Waals surface area contributed by atoms with Crippen LogP contribution in [0.3, 0.4) is 0 Å². The smallest absolute Gasteiger partial charge is 0.264 e. The van der Waals surface area contributed by atoms with Gasteiger partial charge in [0.05, 0.1) is 5.69 Å². The van der Waals surface area contributed by atoms with E-state index in [9.17, 15) is 9.59 Å². The molecule has 13 heavy (non-hydrogen) atoms. The normalized spacial score (nSPS) is 10.8. The maximum atomic E-state index is 11.5. The predicted molar refractivity (Wildman–Crippen MR) is 48.4 cm³/mol. The minimum Gasteiger partial charge on any atom is -0.325 e. The Morgan fingerprint density at radius 1 is 1.69 bits per heavy atom. The molecule has 1 aromatic heterocycles. The highest BCUT2D eigenvalue weighted by molar-refractivity contribution is 5.80. The molecule has 0 saturated carbocycles. The summed E-state index contributed by atoms with van der Waals surface area (Å²) in [4.78, 5) is 22.4. The van der Waals surface area contributed by atoms with Crippen LogP contribution in [0.2, 0.25) is 0 Å². The average molecular weight is 183 g/mol. The molecule has 3 N–H and O–H groups in total. The molecule has 0 unspecified atom stereocenters. The molecule has 72 valence electrons. The molecule has 0 amide bonds. The summed E-state index contributed by atoms with van der Waals surface area (Å²) in [7, 11) is 0. The number of nitrogens with one attached hydrogen (secondary N) is 1. The van der Waals surface area contributed by atoms with Crippen molar-refractivity contribution in [2.75, 3.05) is 0 Å². The molecular formula is C8H13N3O2. The summed E-state index contributed by atoms with van der Waals surface area (Å²) in [5, 5.41) is 2.41. The minimum absolute atomic E-state index is 0.150. The fraction of sp³-hybridized carbons (Fsp3) is 0.500. The van der Waals surface area contributed by atoms with Crippen LogP contribution < -0.4 is 11.3 Å². The molecule has 0 spiro atoms. The zero-order valence-corrected chi connectivity index (χ0v) is 7.70. The van der Waals surface area contributed by atoms with Crippen LogP contribution in [0.4, 0.5) is 0 Å². The largest absolute Gasteiger partial charge is 0.325 e. The SMILES string of the molecule is CC(C)C(=O)n1[nH]c(=O)cc1CN. The maximum Gasteiger partial charge on any atom is 0.264 e. The number of nitrogens with zero attached hydrogens (tertiary/aromatic N) is 1. The van der Waals surface area contributed by atoms with Gasteiger partial charge in [0.2, 0.25) is 5.91 Å². The Hall–Kier alpha value is -1.36. The fourth-order valence-corrected chi connectivity index (χ4v) is 1.04. The lowest BCUT2D eigenvalue weighted by molar-refractivity contribution is 0.0834. The molecule has 0 aromatic carbocycles. The Kier molecular flexibility index (Phi) is 2.67. The summed E-state index contributed by atoms with van der Waals surface area (Å²) in [6, 6.07) is 1.33. The molecule has 0 saturated heterocycles. The topological polar surface area (TPSA) is 80.9 Å². The summed E-state index contributed by atoms with van der Waals surface area (Å²) < 4.78 is 1.22. The van der Waals surface area contributed by atoms with Gasteiger partial charge in [-0.25, -0.2) is 4.68 Å². The third kappa shape index (κ3) is 1.86. The van der Waals surface area contributed by atoms with Crippen molar-refractivity contribution in [3.05, 3.63) is 22.1 Å². The summed E-state index contributed by atoms with van der Waals surface area (Å²) in [5.74, 6) is -0.309. The van der Waals surface area contributed by atoms with Crippen molar-refractivity contribution in [1.82, 2.24) is 9.78 Å². The molecule has 0 fully saturated rings. The average Bonchev–Trinajstić information content (AvgIpc) is 2.45. The standard InChI is InChI=1S/C8H13N3O2/c1-5(2)8(13)11-6(4-9)3-7(12)10-11/h3,5H,4,9H2,1-2H3,(H,10,12). The van der Waals surface area contributed by atoms with Gasteiger partial charge in [0.1, 0.15) is 0 Å². The number of carbonyl (C=O) groups excluding carboxylic acids is 1. The van der Waals surface area contributed by atoms with E-state index in [1.807, 2.05) is 0 Å². The van der Waals surface area contributed by atoms with E-state index in [4.69, 9.17) is 5.73 Å². The number of rotatable bonds is 2. The van der Waals surface area contributed by atoms with Crippen LogP contribution >= 0.6 is 0 Å². The molecule has 1 aromatic rings. The number of aromatic nitrogens is 2. The van der Waals surface area contributed by atoms with E-state index in [1.165, 1.54) is 10.7 Å².